The smallest absolute Gasteiger partial charge is 0.258 e. The summed E-state index contributed by atoms with van der Waals surface area (Å²) >= 11 is 0. The Morgan fingerprint density at radius 1 is 1.21 bits per heavy atom. The van der Waals surface area contributed by atoms with Crippen molar-refractivity contribution in [3.8, 4) is 17.3 Å². The SMILES string of the molecule is Cc1noc(-c2ccccc2C(=O)N2C[C@H](COc3ccccn3)CC[C@H]2C)n1. The van der Waals surface area contributed by atoms with Crippen LogP contribution < -0.4 is 4.74 Å². The number of carbonyl (C=O) groups is 1. The van der Waals surface area contributed by atoms with Crippen LogP contribution in [-0.4, -0.2) is 45.1 Å². The number of likely N-dealkylation sites (tertiary alicyclic amines) is 1. The summed E-state index contributed by atoms with van der Waals surface area (Å²) in [5, 5.41) is 3.85. The molecular weight excluding hydrogens is 368 g/mol. The van der Waals surface area contributed by atoms with Crippen molar-refractivity contribution >= 4 is 5.91 Å². The molecule has 0 aliphatic carbocycles. The van der Waals surface area contributed by atoms with Crippen molar-refractivity contribution < 1.29 is 14.1 Å². The van der Waals surface area contributed by atoms with E-state index in [2.05, 4.69) is 22.0 Å². The Morgan fingerprint density at radius 3 is 2.79 bits per heavy atom. The summed E-state index contributed by atoms with van der Waals surface area (Å²) in [7, 11) is 0. The number of amides is 1. The summed E-state index contributed by atoms with van der Waals surface area (Å²) < 4.78 is 11.1. The first-order valence-corrected chi connectivity index (χ1v) is 9.86. The molecule has 3 aromatic rings. The van der Waals surface area contributed by atoms with Crippen LogP contribution in [0, 0.1) is 12.8 Å². The molecule has 2 aromatic heterocycles. The average Bonchev–Trinajstić information content (AvgIpc) is 3.19. The number of ether oxygens (including phenoxy) is 1. The van der Waals surface area contributed by atoms with Gasteiger partial charge < -0.3 is 14.2 Å². The van der Waals surface area contributed by atoms with Crippen molar-refractivity contribution in [3.63, 3.8) is 0 Å². The molecule has 1 aliphatic rings. The highest BCUT2D eigenvalue weighted by molar-refractivity contribution is 6.00. The van der Waals surface area contributed by atoms with Crippen LogP contribution >= 0.6 is 0 Å². The summed E-state index contributed by atoms with van der Waals surface area (Å²) in [6.07, 6.45) is 3.66. The maximum absolute atomic E-state index is 13.4. The van der Waals surface area contributed by atoms with Gasteiger partial charge in [-0.05, 0) is 44.9 Å². The summed E-state index contributed by atoms with van der Waals surface area (Å²) in [5.74, 6) is 1.76. The van der Waals surface area contributed by atoms with E-state index in [0.717, 1.165) is 12.8 Å². The largest absolute Gasteiger partial charge is 0.477 e. The third kappa shape index (κ3) is 4.29. The second-order valence-corrected chi connectivity index (χ2v) is 7.42. The fourth-order valence-electron chi connectivity index (χ4n) is 3.65. The lowest BCUT2D eigenvalue weighted by molar-refractivity contribution is 0.0503. The number of carbonyl (C=O) groups excluding carboxylic acids is 1. The number of benzene rings is 1. The Morgan fingerprint density at radius 2 is 2.03 bits per heavy atom. The normalized spacial score (nSPS) is 19.2. The zero-order valence-corrected chi connectivity index (χ0v) is 16.6. The van der Waals surface area contributed by atoms with Gasteiger partial charge in [-0.15, -0.1) is 0 Å². The quantitative estimate of drug-likeness (QED) is 0.658. The van der Waals surface area contributed by atoms with E-state index in [1.807, 2.05) is 47.4 Å². The van der Waals surface area contributed by atoms with Gasteiger partial charge in [0.25, 0.3) is 11.8 Å². The van der Waals surface area contributed by atoms with E-state index in [1.54, 1.807) is 13.1 Å². The molecule has 4 rings (SSSR count). The summed E-state index contributed by atoms with van der Waals surface area (Å²) in [6.45, 7) is 5.03. The lowest BCUT2D eigenvalue weighted by Gasteiger charge is -2.38. The minimum atomic E-state index is -0.0218. The van der Waals surface area contributed by atoms with Crippen LogP contribution in [0.5, 0.6) is 5.88 Å². The first-order chi connectivity index (χ1) is 14.1. The molecular formula is C22H24N4O3. The van der Waals surface area contributed by atoms with Gasteiger partial charge in [0.1, 0.15) is 0 Å². The van der Waals surface area contributed by atoms with Crippen LogP contribution in [0.2, 0.25) is 0 Å². The van der Waals surface area contributed by atoms with Crippen LogP contribution in [0.3, 0.4) is 0 Å². The minimum absolute atomic E-state index is 0.0218. The molecule has 0 saturated carbocycles. The highest BCUT2D eigenvalue weighted by Crippen LogP contribution is 2.28. The van der Waals surface area contributed by atoms with Crippen LogP contribution in [0.15, 0.2) is 53.2 Å². The molecule has 1 saturated heterocycles. The molecule has 1 aliphatic heterocycles. The van der Waals surface area contributed by atoms with E-state index in [0.29, 0.717) is 41.9 Å². The van der Waals surface area contributed by atoms with E-state index < -0.39 is 0 Å². The van der Waals surface area contributed by atoms with Gasteiger partial charge in [0.15, 0.2) is 5.82 Å². The third-order valence-corrected chi connectivity index (χ3v) is 5.26. The molecule has 0 radical (unpaired) electrons. The predicted octanol–water partition coefficient (Wildman–Crippen LogP) is 3.76. The molecule has 7 heteroatoms. The van der Waals surface area contributed by atoms with Crippen LogP contribution in [0.4, 0.5) is 0 Å². The molecule has 0 spiro atoms. The van der Waals surface area contributed by atoms with Gasteiger partial charge in [0.05, 0.1) is 17.7 Å². The van der Waals surface area contributed by atoms with Gasteiger partial charge >= 0.3 is 0 Å². The molecule has 0 unspecified atom stereocenters. The second-order valence-electron chi connectivity index (χ2n) is 7.42. The van der Waals surface area contributed by atoms with Crippen molar-refractivity contribution in [2.24, 2.45) is 5.92 Å². The van der Waals surface area contributed by atoms with Crippen LogP contribution in [0.25, 0.3) is 11.5 Å². The average molecular weight is 392 g/mol. The molecule has 2 atom stereocenters. The number of hydrogen-bond acceptors (Lipinski definition) is 6. The minimum Gasteiger partial charge on any atom is -0.477 e. The monoisotopic (exact) mass is 392 g/mol. The van der Waals surface area contributed by atoms with Gasteiger partial charge in [-0.25, -0.2) is 4.98 Å². The standard InChI is InChI=1S/C22H24N4O3/c1-15-10-11-17(14-28-20-9-5-6-12-23-20)13-26(15)22(27)19-8-4-3-7-18(19)21-24-16(2)25-29-21/h3-9,12,15,17H,10-11,13-14H2,1-2H3/t15-,17-/m1/s1. The Balaban J connectivity index is 1.50. The Hall–Kier alpha value is -3.22. The van der Waals surface area contributed by atoms with Crippen LogP contribution in [0.1, 0.15) is 35.9 Å². The van der Waals surface area contributed by atoms with Gasteiger partial charge in [-0.1, -0.05) is 23.4 Å². The van der Waals surface area contributed by atoms with Crippen molar-refractivity contribution in [2.45, 2.75) is 32.7 Å². The van der Waals surface area contributed by atoms with E-state index in [9.17, 15) is 4.79 Å². The van der Waals surface area contributed by atoms with Gasteiger partial charge in [0.2, 0.25) is 5.88 Å². The van der Waals surface area contributed by atoms with Gasteiger partial charge in [0, 0.05) is 30.8 Å². The third-order valence-electron chi connectivity index (χ3n) is 5.26. The number of piperidine rings is 1. The molecule has 0 bridgehead atoms. The summed E-state index contributed by atoms with van der Waals surface area (Å²) in [4.78, 5) is 23.8. The van der Waals surface area contributed by atoms with E-state index in [-0.39, 0.29) is 17.9 Å². The maximum atomic E-state index is 13.4. The Kier molecular flexibility index (Phi) is 5.55. The number of nitrogens with zero attached hydrogens (tertiary/aromatic N) is 4. The molecule has 1 fully saturated rings. The second kappa shape index (κ2) is 8.43. The molecule has 150 valence electrons. The zero-order valence-electron chi connectivity index (χ0n) is 16.6. The molecule has 3 heterocycles. The lowest BCUT2D eigenvalue weighted by Crippen LogP contribution is -2.47. The number of aromatic nitrogens is 3. The van der Waals surface area contributed by atoms with Crippen LogP contribution in [-0.2, 0) is 0 Å². The first-order valence-electron chi connectivity index (χ1n) is 9.86. The molecule has 29 heavy (non-hydrogen) atoms. The van der Waals surface area contributed by atoms with Crippen molar-refractivity contribution in [1.82, 2.24) is 20.0 Å². The number of aryl methyl sites for hydroxylation is 1. The summed E-state index contributed by atoms with van der Waals surface area (Å²) in [5.41, 5.74) is 1.24. The number of hydrogen-bond donors (Lipinski definition) is 0. The fraction of sp³-hybridized carbons (Fsp3) is 0.364. The Labute approximate surface area is 169 Å². The number of pyridine rings is 1. The van der Waals surface area contributed by atoms with E-state index in [4.69, 9.17) is 9.26 Å². The zero-order chi connectivity index (χ0) is 20.2. The molecule has 1 amide bonds. The van der Waals surface area contributed by atoms with E-state index >= 15 is 0 Å². The number of rotatable bonds is 5. The predicted molar refractivity (Wildman–Crippen MR) is 107 cm³/mol. The van der Waals surface area contributed by atoms with Crippen molar-refractivity contribution in [2.75, 3.05) is 13.2 Å². The first kappa shape index (κ1) is 19.1. The molecule has 0 N–H and O–H groups in total. The maximum Gasteiger partial charge on any atom is 0.258 e. The fourth-order valence-corrected chi connectivity index (χ4v) is 3.65. The topological polar surface area (TPSA) is 81.4 Å². The molecule has 7 nitrogen and oxygen atoms in total. The van der Waals surface area contributed by atoms with E-state index in [1.165, 1.54) is 0 Å². The summed E-state index contributed by atoms with van der Waals surface area (Å²) in [6, 6.07) is 13.2. The van der Waals surface area contributed by atoms with Crippen molar-refractivity contribution in [3.05, 3.63) is 60.0 Å². The van der Waals surface area contributed by atoms with Crippen molar-refractivity contribution in [1.29, 1.82) is 0 Å². The Bertz CT molecular complexity index is 973. The highest BCUT2D eigenvalue weighted by atomic mass is 16.5. The van der Waals surface area contributed by atoms with Gasteiger partial charge in [-0.2, -0.15) is 4.98 Å². The van der Waals surface area contributed by atoms with Gasteiger partial charge in [-0.3, -0.25) is 4.79 Å². The molecule has 1 aromatic carbocycles. The highest BCUT2D eigenvalue weighted by Gasteiger charge is 2.31. The lowest BCUT2D eigenvalue weighted by atomic mass is 9.93.